The van der Waals surface area contributed by atoms with Crippen LogP contribution >= 0.6 is 0 Å². The number of primary amides is 1. The summed E-state index contributed by atoms with van der Waals surface area (Å²) in [5.74, 6) is -0.762. The van der Waals surface area contributed by atoms with Crippen molar-refractivity contribution < 1.29 is 23.6 Å². The smallest absolute Gasteiger partial charge is 0.325 e. The van der Waals surface area contributed by atoms with Gasteiger partial charge in [0.2, 0.25) is 11.8 Å². The SMILES string of the molecule is NC(=O)c1ccc(NC(=O)CC[C@H]2NC(=O)N(Cc3ccco3)C2=O)cc1. The first-order valence-corrected chi connectivity index (χ1v) is 8.28. The Labute approximate surface area is 154 Å². The van der Waals surface area contributed by atoms with E-state index in [0.29, 0.717) is 17.0 Å². The van der Waals surface area contributed by atoms with Gasteiger partial charge >= 0.3 is 6.03 Å². The van der Waals surface area contributed by atoms with Gasteiger partial charge in [-0.2, -0.15) is 0 Å². The monoisotopic (exact) mass is 370 g/mol. The van der Waals surface area contributed by atoms with E-state index in [-0.39, 0.29) is 25.3 Å². The minimum atomic E-state index is -0.754. The van der Waals surface area contributed by atoms with Gasteiger partial charge in [-0.1, -0.05) is 0 Å². The summed E-state index contributed by atoms with van der Waals surface area (Å²) in [5, 5.41) is 5.23. The molecular formula is C18H18N4O5. The summed E-state index contributed by atoms with van der Waals surface area (Å²) in [5.41, 5.74) is 6.00. The maximum atomic E-state index is 12.3. The van der Waals surface area contributed by atoms with Crippen LogP contribution in [0.15, 0.2) is 47.1 Å². The number of carbonyl (C=O) groups is 4. The second-order valence-electron chi connectivity index (χ2n) is 6.03. The van der Waals surface area contributed by atoms with Crippen molar-refractivity contribution in [1.82, 2.24) is 10.2 Å². The summed E-state index contributed by atoms with van der Waals surface area (Å²) >= 11 is 0. The Morgan fingerprint density at radius 1 is 1.19 bits per heavy atom. The van der Waals surface area contributed by atoms with Crippen LogP contribution in [0.25, 0.3) is 0 Å². The van der Waals surface area contributed by atoms with Gasteiger partial charge in [-0.25, -0.2) is 4.79 Å². The third-order valence-corrected chi connectivity index (χ3v) is 4.11. The highest BCUT2D eigenvalue weighted by molar-refractivity contribution is 6.04. The standard InChI is InChI=1S/C18H18N4O5/c19-16(24)11-3-5-12(6-4-11)20-15(23)8-7-14-17(25)22(18(26)21-14)10-13-2-1-9-27-13/h1-6,9,14H,7-8,10H2,(H2,19,24)(H,20,23)(H,21,26)/t14-/m1/s1. The van der Waals surface area contributed by atoms with Crippen LogP contribution in [0.1, 0.15) is 29.0 Å². The highest BCUT2D eigenvalue weighted by Gasteiger charge is 2.38. The molecule has 4 N–H and O–H groups in total. The maximum Gasteiger partial charge on any atom is 0.325 e. The molecule has 0 saturated carbocycles. The van der Waals surface area contributed by atoms with Gasteiger partial charge in [0.15, 0.2) is 0 Å². The first-order valence-electron chi connectivity index (χ1n) is 8.28. The second kappa shape index (κ2) is 7.73. The largest absolute Gasteiger partial charge is 0.467 e. The van der Waals surface area contributed by atoms with Crippen molar-refractivity contribution in [3.8, 4) is 0 Å². The predicted octanol–water partition coefficient (Wildman–Crippen LogP) is 1.22. The summed E-state index contributed by atoms with van der Waals surface area (Å²) in [6.45, 7) is 0.0482. The lowest BCUT2D eigenvalue weighted by molar-refractivity contribution is -0.128. The number of rotatable bonds is 7. The molecule has 1 aliphatic rings. The Morgan fingerprint density at radius 2 is 1.93 bits per heavy atom. The molecule has 0 radical (unpaired) electrons. The molecule has 27 heavy (non-hydrogen) atoms. The zero-order valence-electron chi connectivity index (χ0n) is 14.3. The number of nitrogens with one attached hydrogen (secondary N) is 2. The molecule has 9 nitrogen and oxygen atoms in total. The molecule has 2 heterocycles. The minimum Gasteiger partial charge on any atom is -0.467 e. The molecule has 0 bridgehead atoms. The van der Waals surface area contributed by atoms with Crippen molar-refractivity contribution >= 4 is 29.4 Å². The van der Waals surface area contributed by atoms with E-state index in [2.05, 4.69) is 10.6 Å². The third kappa shape index (κ3) is 4.32. The topological polar surface area (TPSA) is 135 Å². The van der Waals surface area contributed by atoms with Crippen molar-refractivity contribution in [2.45, 2.75) is 25.4 Å². The zero-order chi connectivity index (χ0) is 19.4. The first kappa shape index (κ1) is 18.2. The van der Waals surface area contributed by atoms with Gasteiger partial charge in [-0.15, -0.1) is 0 Å². The van der Waals surface area contributed by atoms with Crippen molar-refractivity contribution in [3.05, 3.63) is 54.0 Å². The number of urea groups is 1. The highest BCUT2D eigenvalue weighted by Crippen LogP contribution is 2.16. The van der Waals surface area contributed by atoms with Crippen LogP contribution in [0.5, 0.6) is 0 Å². The van der Waals surface area contributed by atoms with Crippen LogP contribution in [0, 0.1) is 0 Å². The summed E-state index contributed by atoms with van der Waals surface area (Å²) < 4.78 is 5.15. The number of carbonyl (C=O) groups excluding carboxylic acids is 4. The zero-order valence-corrected chi connectivity index (χ0v) is 14.3. The van der Waals surface area contributed by atoms with Crippen molar-refractivity contribution in [3.63, 3.8) is 0 Å². The number of nitrogens with two attached hydrogens (primary N) is 1. The van der Waals surface area contributed by atoms with Gasteiger partial charge in [0, 0.05) is 17.7 Å². The van der Waals surface area contributed by atoms with E-state index in [9.17, 15) is 19.2 Å². The van der Waals surface area contributed by atoms with Crippen molar-refractivity contribution in [2.24, 2.45) is 5.73 Å². The molecule has 0 spiro atoms. The van der Waals surface area contributed by atoms with E-state index in [1.165, 1.54) is 18.4 Å². The number of amides is 5. The average molecular weight is 370 g/mol. The van der Waals surface area contributed by atoms with E-state index in [0.717, 1.165) is 4.90 Å². The molecule has 1 atom stereocenters. The molecule has 1 saturated heterocycles. The molecule has 1 aromatic carbocycles. The van der Waals surface area contributed by atoms with Gasteiger partial charge in [0.05, 0.1) is 12.8 Å². The molecule has 2 aromatic rings. The Morgan fingerprint density at radius 3 is 2.56 bits per heavy atom. The molecule has 140 valence electrons. The molecule has 1 fully saturated rings. The minimum absolute atomic E-state index is 0.0445. The lowest BCUT2D eigenvalue weighted by Gasteiger charge is -2.11. The Hall–Kier alpha value is -3.62. The Bertz CT molecular complexity index is 860. The van der Waals surface area contributed by atoms with Crippen LogP contribution in [-0.4, -0.2) is 34.7 Å². The van der Waals surface area contributed by atoms with E-state index in [4.69, 9.17) is 10.2 Å². The van der Waals surface area contributed by atoms with Gasteiger partial charge in [0.25, 0.3) is 5.91 Å². The third-order valence-electron chi connectivity index (χ3n) is 4.11. The van der Waals surface area contributed by atoms with Gasteiger partial charge in [-0.05, 0) is 42.8 Å². The number of furan rings is 1. The molecule has 9 heteroatoms. The van der Waals surface area contributed by atoms with Crippen LogP contribution < -0.4 is 16.4 Å². The van der Waals surface area contributed by atoms with E-state index in [1.807, 2.05) is 0 Å². The van der Waals surface area contributed by atoms with E-state index in [1.54, 1.807) is 24.3 Å². The van der Waals surface area contributed by atoms with Gasteiger partial charge < -0.3 is 20.8 Å². The predicted molar refractivity (Wildman–Crippen MR) is 94.4 cm³/mol. The number of hydrogen-bond donors (Lipinski definition) is 3. The molecule has 0 aliphatic carbocycles. The lowest BCUT2D eigenvalue weighted by Crippen LogP contribution is -2.31. The van der Waals surface area contributed by atoms with Crippen LogP contribution in [-0.2, 0) is 16.1 Å². The number of benzene rings is 1. The fraction of sp³-hybridized carbons (Fsp3) is 0.222. The fourth-order valence-corrected chi connectivity index (χ4v) is 2.70. The summed E-state index contributed by atoms with van der Waals surface area (Å²) in [6, 6.07) is 8.21. The Balaban J connectivity index is 1.50. The van der Waals surface area contributed by atoms with Crippen molar-refractivity contribution in [1.29, 1.82) is 0 Å². The molecular weight excluding hydrogens is 352 g/mol. The normalized spacial score (nSPS) is 16.3. The number of nitrogens with zero attached hydrogens (tertiary/aromatic N) is 1. The van der Waals surface area contributed by atoms with Crippen LogP contribution in [0.4, 0.5) is 10.5 Å². The molecule has 5 amide bonds. The van der Waals surface area contributed by atoms with E-state index < -0.39 is 23.9 Å². The summed E-state index contributed by atoms with van der Waals surface area (Å²) in [7, 11) is 0. The number of hydrogen-bond acceptors (Lipinski definition) is 5. The molecule has 3 rings (SSSR count). The lowest BCUT2D eigenvalue weighted by atomic mass is 10.1. The second-order valence-corrected chi connectivity index (χ2v) is 6.03. The highest BCUT2D eigenvalue weighted by atomic mass is 16.3. The first-order chi connectivity index (χ1) is 12.9. The van der Waals surface area contributed by atoms with Crippen LogP contribution in [0.3, 0.4) is 0 Å². The average Bonchev–Trinajstić information content (AvgIpc) is 3.24. The summed E-state index contributed by atoms with van der Waals surface area (Å²) in [4.78, 5) is 48.4. The maximum absolute atomic E-state index is 12.3. The number of anilines is 1. The number of imide groups is 1. The van der Waals surface area contributed by atoms with Crippen LogP contribution in [0.2, 0.25) is 0 Å². The fourth-order valence-electron chi connectivity index (χ4n) is 2.70. The quantitative estimate of drug-likeness (QED) is 0.630. The molecule has 0 unspecified atom stereocenters. The molecule has 1 aromatic heterocycles. The molecule has 1 aliphatic heterocycles. The van der Waals surface area contributed by atoms with Gasteiger partial charge in [-0.3, -0.25) is 19.3 Å². The summed E-state index contributed by atoms with van der Waals surface area (Å²) in [6.07, 6.45) is 1.68. The van der Waals surface area contributed by atoms with Gasteiger partial charge in [0.1, 0.15) is 11.8 Å². The Kier molecular flexibility index (Phi) is 5.20. The van der Waals surface area contributed by atoms with E-state index >= 15 is 0 Å². The van der Waals surface area contributed by atoms with Crippen molar-refractivity contribution in [2.75, 3.05) is 5.32 Å².